The van der Waals surface area contributed by atoms with Crippen LogP contribution in [0.2, 0.25) is 0 Å². The fourth-order valence-corrected chi connectivity index (χ4v) is 2.23. The summed E-state index contributed by atoms with van der Waals surface area (Å²) < 4.78 is 1.85. The molecule has 20 heavy (non-hydrogen) atoms. The first kappa shape index (κ1) is 16.6. The Bertz CT molecular complexity index is 446. The van der Waals surface area contributed by atoms with E-state index in [-0.39, 0.29) is 17.9 Å². The lowest BCUT2D eigenvalue weighted by molar-refractivity contribution is 0.0860. The molecule has 1 atom stereocenters. The molecule has 0 aliphatic heterocycles. The maximum Gasteiger partial charge on any atom is 0.268 e. The van der Waals surface area contributed by atoms with Crippen molar-refractivity contribution in [2.24, 2.45) is 5.41 Å². The van der Waals surface area contributed by atoms with Crippen molar-refractivity contribution in [3.63, 3.8) is 0 Å². The van der Waals surface area contributed by atoms with Gasteiger partial charge in [-0.2, -0.15) is 0 Å². The molecule has 1 rings (SSSR count). The highest BCUT2D eigenvalue weighted by atomic mass is 16.3. The summed E-state index contributed by atoms with van der Waals surface area (Å²) in [5, 5.41) is 12.7. The summed E-state index contributed by atoms with van der Waals surface area (Å²) in [5.41, 5.74) is 6.91. The van der Waals surface area contributed by atoms with E-state index in [1.165, 1.54) is 0 Å². The van der Waals surface area contributed by atoms with Crippen LogP contribution in [-0.2, 0) is 6.54 Å². The average molecular weight is 281 g/mol. The Morgan fingerprint density at radius 2 is 2.15 bits per heavy atom. The molecule has 0 fully saturated rings. The summed E-state index contributed by atoms with van der Waals surface area (Å²) in [4.78, 5) is 12.1. The molecule has 0 saturated heterocycles. The zero-order valence-electron chi connectivity index (χ0n) is 12.9. The number of nitrogen functional groups attached to an aromatic ring is 1. The van der Waals surface area contributed by atoms with Gasteiger partial charge in [-0.25, -0.2) is 0 Å². The molecule has 1 unspecified atom stereocenters. The lowest BCUT2D eigenvalue weighted by Crippen LogP contribution is -2.35. The molecule has 0 aliphatic carbocycles. The Kier molecular flexibility index (Phi) is 5.62. The van der Waals surface area contributed by atoms with Crippen LogP contribution < -0.4 is 11.1 Å². The molecule has 0 saturated carbocycles. The Balaban J connectivity index is 2.59. The number of aryl methyl sites for hydroxylation is 1. The molecule has 0 radical (unpaired) electrons. The number of nitrogens with two attached hydrogens (primary N) is 1. The van der Waals surface area contributed by atoms with Crippen LogP contribution >= 0.6 is 0 Å². The molecule has 1 heterocycles. The fraction of sp³-hybridized carbons (Fsp3) is 0.667. The van der Waals surface area contributed by atoms with Crippen LogP contribution in [0, 0.1) is 5.41 Å². The van der Waals surface area contributed by atoms with Crippen molar-refractivity contribution in [1.82, 2.24) is 9.88 Å². The molecule has 0 aliphatic rings. The number of aliphatic hydroxyl groups is 1. The van der Waals surface area contributed by atoms with Crippen LogP contribution in [0.25, 0.3) is 0 Å². The van der Waals surface area contributed by atoms with Gasteiger partial charge >= 0.3 is 0 Å². The second kappa shape index (κ2) is 6.79. The number of amides is 1. The van der Waals surface area contributed by atoms with Crippen molar-refractivity contribution < 1.29 is 9.90 Å². The van der Waals surface area contributed by atoms with E-state index in [0.29, 0.717) is 17.8 Å². The average Bonchev–Trinajstić information content (AvgIpc) is 2.65. The summed E-state index contributed by atoms with van der Waals surface area (Å²) in [6.45, 7) is 9.24. The summed E-state index contributed by atoms with van der Waals surface area (Å²) in [6, 6.07) is 1.67. The van der Waals surface area contributed by atoms with Crippen molar-refractivity contribution in [3.8, 4) is 0 Å². The van der Waals surface area contributed by atoms with Gasteiger partial charge in [0, 0.05) is 19.3 Å². The molecule has 114 valence electrons. The van der Waals surface area contributed by atoms with Crippen LogP contribution in [0.1, 0.15) is 51.0 Å². The molecule has 0 bridgehead atoms. The van der Waals surface area contributed by atoms with Gasteiger partial charge in [-0.15, -0.1) is 0 Å². The predicted octanol–water partition coefficient (Wildman–Crippen LogP) is 2.01. The molecule has 4 N–H and O–H groups in total. The van der Waals surface area contributed by atoms with Crippen LogP contribution in [0.4, 0.5) is 5.69 Å². The third-order valence-electron chi connectivity index (χ3n) is 2.96. The zero-order valence-corrected chi connectivity index (χ0v) is 12.9. The number of carbonyl (C=O) groups excluding carboxylic acids is 1. The first-order valence-electron chi connectivity index (χ1n) is 7.15. The quantitative estimate of drug-likeness (QED) is 0.746. The third kappa shape index (κ3) is 5.25. The van der Waals surface area contributed by atoms with Crippen LogP contribution in [0.3, 0.4) is 0 Å². The standard InChI is InChI=1S/C15H27N3O2/c1-5-6-18-10-11(16)7-13(18)14(20)17-9-12(19)8-15(2,3)4/h7,10,12,19H,5-6,8-9,16H2,1-4H3,(H,17,20). The summed E-state index contributed by atoms with van der Waals surface area (Å²) >= 11 is 0. The van der Waals surface area contributed by atoms with Gasteiger partial charge < -0.3 is 20.7 Å². The summed E-state index contributed by atoms with van der Waals surface area (Å²) in [7, 11) is 0. The monoisotopic (exact) mass is 281 g/mol. The number of carbonyl (C=O) groups is 1. The van der Waals surface area contributed by atoms with E-state index >= 15 is 0 Å². The topological polar surface area (TPSA) is 80.3 Å². The molecule has 1 amide bonds. The molecular formula is C15H27N3O2. The maximum absolute atomic E-state index is 12.1. The van der Waals surface area contributed by atoms with E-state index in [9.17, 15) is 9.90 Å². The summed E-state index contributed by atoms with van der Waals surface area (Å²) in [6.07, 6.45) is 2.81. The normalized spacial score (nSPS) is 13.2. The molecule has 0 spiro atoms. The highest BCUT2D eigenvalue weighted by Crippen LogP contribution is 2.20. The number of nitrogens with zero attached hydrogens (tertiary/aromatic N) is 1. The van der Waals surface area contributed by atoms with Gasteiger partial charge in [-0.05, 0) is 24.3 Å². The van der Waals surface area contributed by atoms with Crippen molar-refractivity contribution in [2.45, 2.75) is 53.2 Å². The van der Waals surface area contributed by atoms with Crippen molar-refractivity contribution in [3.05, 3.63) is 18.0 Å². The van der Waals surface area contributed by atoms with Crippen LogP contribution in [0.5, 0.6) is 0 Å². The Labute approximate surface area is 121 Å². The Hall–Kier alpha value is -1.49. The van der Waals surface area contributed by atoms with Crippen molar-refractivity contribution in [2.75, 3.05) is 12.3 Å². The number of hydrogen-bond acceptors (Lipinski definition) is 3. The highest BCUT2D eigenvalue weighted by molar-refractivity contribution is 5.93. The van der Waals surface area contributed by atoms with Gasteiger partial charge in [-0.1, -0.05) is 27.7 Å². The highest BCUT2D eigenvalue weighted by Gasteiger charge is 2.18. The minimum absolute atomic E-state index is 0.0387. The number of rotatable bonds is 6. The molecule has 1 aromatic heterocycles. The lowest BCUT2D eigenvalue weighted by Gasteiger charge is -2.22. The lowest BCUT2D eigenvalue weighted by atomic mass is 9.89. The van der Waals surface area contributed by atoms with Gasteiger partial charge in [0.05, 0.1) is 11.8 Å². The SMILES string of the molecule is CCCn1cc(N)cc1C(=O)NCC(O)CC(C)(C)C. The Morgan fingerprint density at radius 1 is 1.50 bits per heavy atom. The van der Waals surface area contributed by atoms with Crippen LogP contribution in [-0.4, -0.2) is 28.2 Å². The summed E-state index contributed by atoms with van der Waals surface area (Å²) in [5.74, 6) is -0.192. The Morgan fingerprint density at radius 3 is 2.70 bits per heavy atom. The minimum atomic E-state index is -0.536. The second-order valence-corrected chi connectivity index (χ2v) is 6.48. The predicted molar refractivity (Wildman–Crippen MR) is 81.5 cm³/mol. The number of anilines is 1. The zero-order chi connectivity index (χ0) is 15.3. The first-order valence-corrected chi connectivity index (χ1v) is 7.15. The minimum Gasteiger partial charge on any atom is -0.397 e. The molecular weight excluding hydrogens is 254 g/mol. The molecule has 5 nitrogen and oxygen atoms in total. The van der Waals surface area contributed by atoms with Gasteiger partial charge in [0.1, 0.15) is 5.69 Å². The smallest absolute Gasteiger partial charge is 0.268 e. The van der Waals surface area contributed by atoms with Gasteiger partial charge in [0.25, 0.3) is 5.91 Å². The van der Waals surface area contributed by atoms with E-state index in [0.717, 1.165) is 13.0 Å². The van der Waals surface area contributed by atoms with E-state index < -0.39 is 6.10 Å². The molecule has 1 aromatic rings. The number of hydrogen-bond donors (Lipinski definition) is 3. The third-order valence-corrected chi connectivity index (χ3v) is 2.96. The largest absolute Gasteiger partial charge is 0.397 e. The number of nitrogens with one attached hydrogen (secondary N) is 1. The first-order chi connectivity index (χ1) is 9.23. The fourth-order valence-electron chi connectivity index (χ4n) is 2.23. The van der Waals surface area contributed by atoms with Gasteiger partial charge in [-0.3, -0.25) is 4.79 Å². The molecule has 0 aromatic carbocycles. The maximum atomic E-state index is 12.1. The second-order valence-electron chi connectivity index (χ2n) is 6.48. The van der Waals surface area contributed by atoms with Gasteiger partial charge in [0.2, 0.25) is 0 Å². The van der Waals surface area contributed by atoms with Crippen LogP contribution in [0.15, 0.2) is 12.3 Å². The van der Waals surface area contributed by atoms with E-state index in [1.807, 2.05) is 11.5 Å². The van der Waals surface area contributed by atoms with E-state index in [4.69, 9.17) is 5.73 Å². The van der Waals surface area contributed by atoms with Crippen molar-refractivity contribution >= 4 is 11.6 Å². The van der Waals surface area contributed by atoms with E-state index in [2.05, 4.69) is 26.1 Å². The van der Waals surface area contributed by atoms with Crippen molar-refractivity contribution in [1.29, 1.82) is 0 Å². The van der Waals surface area contributed by atoms with Gasteiger partial charge in [0.15, 0.2) is 0 Å². The number of aliphatic hydroxyl groups excluding tert-OH is 1. The number of aromatic nitrogens is 1. The molecule has 5 heteroatoms. The van der Waals surface area contributed by atoms with E-state index in [1.54, 1.807) is 12.3 Å².